The van der Waals surface area contributed by atoms with Crippen LogP contribution in [0.1, 0.15) is 39.0 Å². The molecule has 126 valence electrons. The lowest BCUT2D eigenvalue weighted by Gasteiger charge is -2.23. The van der Waals surface area contributed by atoms with E-state index in [2.05, 4.69) is 5.32 Å². The smallest absolute Gasteiger partial charge is 0.325 e. The first-order chi connectivity index (χ1) is 10.8. The normalized spacial score (nSPS) is 29.4. The van der Waals surface area contributed by atoms with Crippen molar-refractivity contribution in [2.45, 2.75) is 44.6 Å². The van der Waals surface area contributed by atoms with E-state index in [-0.39, 0.29) is 24.9 Å². The van der Waals surface area contributed by atoms with Crippen LogP contribution in [0.2, 0.25) is 0 Å². The third-order valence-electron chi connectivity index (χ3n) is 5.34. The summed E-state index contributed by atoms with van der Waals surface area (Å²) in [5, 5.41) is 11.9. The second-order valence-electron chi connectivity index (χ2n) is 7.04. The van der Waals surface area contributed by atoms with Crippen LogP contribution in [0.15, 0.2) is 0 Å². The molecule has 2 heterocycles. The van der Waals surface area contributed by atoms with Crippen LogP contribution in [-0.4, -0.2) is 63.9 Å². The molecule has 2 saturated heterocycles. The van der Waals surface area contributed by atoms with Gasteiger partial charge in [-0.15, -0.1) is 0 Å². The first-order valence-electron chi connectivity index (χ1n) is 7.93. The second-order valence-corrected chi connectivity index (χ2v) is 7.04. The molecule has 0 radical (unpaired) electrons. The summed E-state index contributed by atoms with van der Waals surface area (Å²) in [6.07, 6.45) is 3.37. The Balaban J connectivity index is 1.66. The lowest BCUT2D eigenvalue weighted by Crippen LogP contribution is -2.46. The van der Waals surface area contributed by atoms with Gasteiger partial charge in [-0.1, -0.05) is 12.8 Å². The van der Waals surface area contributed by atoms with Gasteiger partial charge in [-0.05, 0) is 26.2 Å². The minimum atomic E-state index is -0.959. The molecular weight excluding hydrogens is 302 g/mol. The number of carbonyl (C=O) groups is 4. The average Bonchev–Trinajstić information content (AvgIpc) is 3.16. The van der Waals surface area contributed by atoms with Crippen LogP contribution in [0.5, 0.6) is 0 Å². The monoisotopic (exact) mass is 323 g/mol. The van der Waals surface area contributed by atoms with Gasteiger partial charge in [-0.25, -0.2) is 4.79 Å². The molecule has 8 nitrogen and oxygen atoms in total. The van der Waals surface area contributed by atoms with Crippen molar-refractivity contribution >= 4 is 23.8 Å². The molecule has 0 bridgehead atoms. The van der Waals surface area contributed by atoms with Crippen LogP contribution in [0, 0.1) is 5.41 Å². The van der Waals surface area contributed by atoms with Gasteiger partial charge in [0.05, 0.1) is 5.41 Å². The number of carboxylic acids is 1. The van der Waals surface area contributed by atoms with Gasteiger partial charge in [-0.2, -0.15) is 0 Å². The molecule has 1 unspecified atom stereocenters. The van der Waals surface area contributed by atoms with E-state index < -0.39 is 23.0 Å². The number of amides is 4. The number of hydrogen-bond acceptors (Lipinski definition) is 4. The Morgan fingerprint density at radius 1 is 1.22 bits per heavy atom. The van der Waals surface area contributed by atoms with Crippen molar-refractivity contribution in [1.82, 2.24) is 15.1 Å². The van der Waals surface area contributed by atoms with E-state index >= 15 is 0 Å². The average molecular weight is 323 g/mol. The van der Waals surface area contributed by atoms with Gasteiger partial charge in [-0.3, -0.25) is 19.3 Å². The molecule has 0 aromatic carbocycles. The van der Waals surface area contributed by atoms with Gasteiger partial charge in [0.25, 0.3) is 5.91 Å². The maximum absolute atomic E-state index is 12.5. The highest BCUT2D eigenvalue weighted by molar-refractivity contribution is 6.09. The third kappa shape index (κ3) is 2.46. The Labute approximate surface area is 133 Å². The van der Waals surface area contributed by atoms with E-state index in [4.69, 9.17) is 0 Å². The van der Waals surface area contributed by atoms with Gasteiger partial charge < -0.3 is 15.3 Å². The van der Waals surface area contributed by atoms with E-state index in [0.717, 1.165) is 17.7 Å². The van der Waals surface area contributed by atoms with Gasteiger partial charge in [0.2, 0.25) is 5.91 Å². The summed E-state index contributed by atoms with van der Waals surface area (Å²) < 4.78 is 0. The first kappa shape index (κ1) is 15.8. The van der Waals surface area contributed by atoms with Crippen LogP contribution >= 0.6 is 0 Å². The van der Waals surface area contributed by atoms with Crippen molar-refractivity contribution < 1.29 is 24.3 Å². The second kappa shape index (κ2) is 5.21. The van der Waals surface area contributed by atoms with Gasteiger partial charge >= 0.3 is 12.0 Å². The molecule has 3 aliphatic rings. The molecule has 4 amide bonds. The standard InChI is InChI=1S/C15H21N3O5/c1-14(12(21)22)6-7-17(9-14)10(19)8-18-11(20)15(16-13(18)23)4-2-3-5-15/h2-9H2,1H3,(H,16,23)(H,21,22). The van der Waals surface area contributed by atoms with Gasteiger partial charge in [0.15, 0.2) is 0 Å². The van der Waals surface area contributed by atoms with Crippen molar-refractivity contribution in [1.29, 1.82) is 0 Å². The van der Waals surface area contributed by atoms with E-state index in [9.17, 15) is 24.3 Å². The minimum absolute atomic E-state index is 0.107. The fraction of sp³-hybridized carbons (Fsp3) is 0.733. The Kier molecular flexibility index (Phi) is 3.57. The fourth-order valence-corrected chi connectivity index (χ4v) is 3.72. The van der Waals surface area contributed by atoms with Crippen LogP contribution in [0.25, 0.3) is 0 Å². The first-order valence-corrected chi connectivity index (χ1v) is 7.93. The highest BCUT2D eigenvalue weighted by Gasteiger charge is 2.53. The molecule has 1 spiro atoms. The van der Waals surface area contributed by atoms with E-state index in [1.165, 1.54) is 4.90 Å². The highest BCUT2D eigenvalue weighted by atomic mass is 16.4. The van der Waals surface area contributed by atoms with Crippen LogP contribution < -0.4 is 5.32 Å². The Morgan fingerprint density at radius 3 is 2.43 bits per heavy atom. The predicted molar refractivity (Wildman–Crippen MR) is 78.4 cm³/mol. The van der Waals surface area contributed by atoms with Crippen molar-refractivity contribution in [3.8, 4) is 0 Å². The molecule has 23 heavy (non-hydrogen) atoms. The Hall–Kier alpha value is -2.12. The largest absolute Gasteiger partial charge is 0.481 e. The number of carboxylic acid groups (broad SMARTS) is 1. The summed E-state index contributed by atoms with van der Waals surface area (Å²) in [6.45, 7) is 1.72. The summed E-state index contributed by atoms with van der Waals surface area (Å²) in [5.74, 6) is -1.64. The molecule has 1 atom stereocenters. The number of urea groups is 1. The quantitative estimate of drug-likeness (QED) is 0.720. The minimum Gasteiger partial charge on any atom is -0.481 e. The highest BCUT2D eigenvalue weighted by Crippen LogP contribution is 2.35. The Bertz CT molecular complexity index is 584. The van der Waals surface area contributed by atoms with E-state index in [1.807, 2.05) is 0 Å². The zero-order valence-corrected chi connectivity index (χ0v) is 13.1. The number of nitrogens with zero attached hydrogens (tertiary/aromatic N) is 2. The van der Waals surface area contributed by atoms with E-state index in [0.29, 0.717) is 25.8 Å². The zero-order valence-electron chi connectivity index (χ0n) is 13.1. The summed E-state index contributed by atoms with van der Waals surface area (Å²) in [7, 11) is 0. The van der Waals surface area contributed by atoms with Crippen molar-refractivity contribution in [2.75, 3.05) is 19.6 Å². The molecule has 8 heteroatoms. The van der Waals surface area contributed by atoms with Crippen LogP contribution in [-0.2, 0) is 14.4 Å². The summed E-state index contributed by atoms with van der Waals surface area (Å²) in [5.41, 5.74) is -1.78. The fourth-order valence-electron chi connectivity index (χ4n) is 3.72. The zero-order chi connectivity index (χ0) is 16.8. The number of carbonyl (C=O) groups excluding carboxylic acids is 3. The van der Waals surface area contributed by atoms with E-state index in [1.54, 1.807) is 6.92 Å². The number of rotatable bonds is 3. The summed E-state index contributed by atoms with van der Waals surface area (Å²) in [4.78, 5) is 50.6. The summed E-state index contributed by atoms with van der Waals surface area (Å²) in [6, 6.07) is -0.523. The number of hydrogen-bond donors (Lipinski definition) is 2. The molecule has 0 aromatic heterocycles. The van der Waals surface area contributed by atoms with Crippen LogP contribution in [0.3, 0.4) is 0 Å². The maximum Gasteiger partial charge on any atom is 0.325 e. The lowest BCUT2D eigenvalue weighted by atomic mass is 9.90. The molecule has 1 saturated carbocycles. The molecule has 2 aliphatic heterocycles. The van der Waals surface area contributed by atoms with Crippen molar-refractivity contribution in [3.05, 3.63) is 0 Å². The molecular formula is C15H21N3O5. The SMILES string of the molecule is CC1(C(=O)O)CCN(C(=O)CN2C(=O)NC3(CCCC3)C2=O)C1. The lowest BCUT2D eigenvalue weighted by molar-refractivity contribution is -0.147. The van der Waals surface area contributed by atoms with Gasteiger partial charge in [0, 0.05) is 13.1 Å². The number of aliphatic carboxylic acids is 1. The van der Waals surface area contributed by atoms with Crippen molar-refractivity contribution in [3.63, 3.8) is 0 Å². The topological polar surface area (TPSA) is 107 Å². The van der Waals surface area contributed by atoms with Crippen LogP contribution in [0.4, 0.5) is 4.79 Å². The number of nitrogens with one attached hydrogen (secondary N) is 1. The third-order valence-corrected chi connectivity index (χ3v) is 5.34. The summed E-state index contributed by atoms with van der Waals surface area (Å²) >= 11 is 0. The molecule has 3 rings (SSSR count). The molecule has 0 aromatic rings. The number of likely N-dealkylation sites (tertiary alicyclic amines) is 1. The van der Waals surface area contributed by atoms with Gasteiger partial charge in [0.1, 0.15) is 12.1 Å². The maximum atomic E-state index is 12.5. The molecule has 1 aliphatic carbocycles. The predicted octanol–water partition coefficient (Wildman–Crippen LogP) is 0.174. The molecule has 3 fully saturated rings. The Morgan fingerprint density at radius 2 is 1.87 bits per heavy atom. The molecule has 2 N–H and O–H groups in total. The number of imide groups is 1. The van der Waals surface area contributed by atoms with Crippen molar-refractivity contribution in [2.24, 2.45) is 5.41 Å².